The first-order chi connectivity index (χ1) is 12.0. The second kappa shape index (κ2) is 8.40. The highest BCUT2D eigenvalue weighted by molar-refractivity contribution is 5.97. The minimum absolute atomic E-state index is 0.0696. The van der Waals surface area contributed by atoms with E-state index in [0.29, 0.717) is 5.69 Å². The quantitative estimate of drug-likeness (QED) is 0.791. The van der Waals surface area contributed by atoms with Crippen LogP contribution >= 0.6 is 0 Å². The van der Waals surface area contributed by atoms with E-state index in [-0.39, 0.29) is 24.5 Å². The van der Waals surface area contributed by atoms with Crippen molar-refractivity contribution in [2.75, 3.05) is 23.8 Å². The molecule has 0 saturated carbocycles. The third kappa shape index (κ3) is 4.75. The molecule has 25 heavy (non-hydrogen) atoms. The zero-order valence-electron chi connectivity index (χ0n) is 13.7. The maximum atomic E-state index is 12.4. The molecular weight excluding hydrogens is 322 g/mol. The second-order valence-corrected chi connectivity index (χ2v) is 5.16. The molecule has 0 radical (unpaired) electrons. The average Bonchev–Trinajstić information content (AvgIpc) is 2.61. The van der Waals surface area contributed by atoms with Gasteiger partial charge in [0.1, 0.15) is 0 Å². The summed E-state index contributed by atoms with van der Waals surface area (Å²) in [7, 11) is 0. The van der Waals surface area contributed by atoms with Gasteiger partial charge in [-0.3, -0.25) is 4.79 Å². The van der Waals surface area contributed by atoms with Crippen LogP contribution in [0.2, 0.25) is 0 Å². The van der Waals surface area contributed by atoms with Gasteiger partial charge in [0.05, 0.1) is 12.5 Å². The number of ether oxygens (including phenoxy) is 1. The van der Waals surface area contributed by atoms with Crippen molar-refractivity contribution in [1.29, 1.82) is 5.26 Å². The highest BCUT2D eigenvalue weighted by Gasteiger charge is 2.20. The van der Waals surface area contributed by atoms with Crippen molar-refractivity contribution in [3.05, 3.63) is 47.9 Å². The number of esters is 1. The van der Waals surface area contributed by atoms with E-state index in [2.05, 4.69) is 9.97 Å². The molecule has 0 saturated heterocycles. The number of amides is 1. The van der Waals surface area contributed by atoms with Crippen molar-refractivity contribution in [3.8, 4) is 6.07 Å². The van der Waals surface area contributed by atoms with Gasteiger partial charge in [-0.15, -0.1) is 0 Å². The molecule has 0 atom stereocenters. The Morgan fingerprint density at radius 3 is 2.56 bits per heavy atom. The van der Waals surface area contributed by atoms with E-state index in [4.69, 9.17) is 15.7 Å². The van der Waals surface area contributed by atoms with Crippen molar-refractivity contribution < 1.29 is 14.3 Å². The Kier molecular flexibility index (Phi) is 6.01. The Morgan fingerprint density at radius 2 is 1.92 bits per heavy atom. The summed E-state index contributed by atoms with van der Waals surface area (Å²) in [5.41, 5.74) is 7.08. The van der Waals surface area contributed by atoms with Crippen LogP contribution in [-0.2, 0) is 9.53 Å². The van der Waals surface area contributed by atoms with E-state index in [1.807, 2.05) is 25.1 Å². The molecule has 0 aliphatic heterocycles. The van der Waals surface area contributed by atoms with E-state index in [1.165, 1.54) is 17.3 Å². The number of hydrogen-bond acceptors (Lipinski definition) is 7. The number of benzene rings is 1. The zero-order chi connectivity index (χ0) is 18.2. The lowest BCUT2D eigenvalue weighted by Crippen LogP contribution is -2.35. The number of nitrogens with two attached hydrogens (primary N) is 1. The molecule has 1 amide bonds. The van der Waals surface area contributed by atoms with E-state index in [1.54, 1.807) is 12.1 Å². The SMILES string of the molecule is Cc1ccc(N(CCC#N)C(=O)COC(=O)c2nccnc2N)cc1. The van der Waals surface area contributed by atoms with Crippen LogP contribution in [0.15, 0.2) is 36.7 Å². The molecule has 2 rings (SSSR count). The minimum Gasteiger partial charge on any atom is -0.451 e. The second-order valence-electron chi connectivity index (χ2n) is 5.16. The van der Waals surface area contributed by atoms with Gasteiger partial charge in [-0.25, -0.2) is 14.8 Å². The normalized spacial score (nSPS) is 9.92. The molecule has 8 heteroatoms. The molecule has 2 N–H and O–H groups in total. The number of carbonyl (C=O) groups is 2. The van der Waals surface area contributed by atoms with Gasteiger partial charge in [0, 0.05) is 24.6 Å². The average molecular weight is 339 g/mol. The van der Waals surface area contributed by atoms with Gasteiger partial charge >= 0.3 is 5.97 Å². The summed E-state index contributed by atoms with van der Waals surface area (Å²) in [5.74, 6) is -1.35. The number of aromatic nitrogens is 2. The van der Waals surface area contributed by atoms with Crippen LogP contribution in [0.3, 0.4) is 0 Å². The third-order valence-electron chi connectivity index (χ3n) is 3.34. The number of hydrogen-bond donors (Lipinski definition) is 1. The maximum Gasteiger partial charge on any atom is 0.361 e. The fourth-order valence-electron chi connectivity index (χ4n) is 2.06. The number of anilines is 2. The molecule has 0 spiro atoms. The predicted octanol–water partition coefficient (Wildman–Crippen LogP) is 1.47. The van der Waals surface area contributed by atoms with Gasteiger partial charge in [-0.1, -0.05) is 17.7 Å². The summed E-state index contributed by atoms with van der Waals surface area (Å²) in [6, 6.07) is 9.25. The fraction of sp³-hybridized carbons (Fsp3) is 0.235. The fourth-order valence-corrected chi connectivity index (χ4v) is 2.06. The molecule has 8 nitrogen and oxygen atoms in total. The van der Waals surface area contributed by atoms with Gasteiger partial charge in [-0.2, -0.15) is 5.26 Å². The molecule has 2 aromatic rings. The Bertz CT molecular complexity index is 799. The number of nitrogen functional groups attached to an aromatic ring is 1. The van der Waals surface area contributed by atoms with Crippen LogP contribution in [0.5, 0.6) is 0 Å². The standard InChI is InChI=1S/C17H17N5O3/c1-12-3-5-13(6-4-12)22(10-2-7-18)14(23)11-25-17(24)15-16(19)21-9-8-20-15/h3-6,8-9H,2,10-11H2,1H3,(H2,19,21). The van der Waals surface area contributed by atoms with Gasteiger partial charge in [0.25, 0.3) is 5.91 Å². The first-order valence-corrected chi connectivity index (χ1v) is 7.50. The van der Waals surface area contributed by atoms with Crippen LogP contribution < -0.4 is 10.6 Å². The van der Waals surface area contributed by atoms with E-state index < -0.39 is 18.5 Å². The third-order valence-corrected chi connectivity index (χ3v) is 3.34. The predicted molar refractivity (Wildman–Crippen MR) is 90.5 cm³/mol. The van der Waals surface area contributed by atoms with Gasteiger partial charge in [0.2, 0.25) is 0 Å². The lowest BCUT2D eigenvalue weighted by atomic mass is 10.2. The Morgan fingerprint density at radius 1 is 1.24 bits per heavy atom. The first kappa shape index (κ1) is 17.9. The van der Waals surface area contributed by atoms with Crippen LogP contribution in [0, 0.1) is 18.3 Å². The van der Waals surface area contributed by atoms with Gasteiger partial charge in [-0.05, 0) is 19.1 Å². The molecule has 1 heterocycles. The van der Waals surface area contributed by atoms with Crippen LogP contribution in [0.1, 0.15) is 22.5 Å². The smallest absolute Gasteiger partial charge is 0.361 e. The maximum absolute atomic E-state index is 12.4. The molecule has 0 aliphatic carbocycles. The summed E-state index contributed by atoms with van der Waals surface area (Å²) >= 11 is 0. The zero-order valence-corrected chi connectivity index (χ0v) is 13.7. The number of rotatable bonds is 6. The van der Waals surface area contributed by atoms with Crippen molar-refractivity contribution >= 4 is 23.4 Å². The molecule has 1 aromatic heterocycles. The minimum atomic E-state index is -0.830. The lowest BCUT2D eigenvalue weighted by Gasteiger charge is -2.21. The molecule has 0 fully saturated rings. The summed E-state index contributed by atoms with van der Waals surface area (Å²) in [5, 5.41) is 8.78. The summed E-state index contributed by atoms with van der Waals surface area (Å²) in [4.78, 5) is 33.3. The molecule has 0 bridgehead atoms. The van der Waals surface area contributed by atoms with E-state index in [9.17, 15) is 9.59 Å². The van der Waals surface area contributed by atoms with Crippen molar-refractivity contribution in [2.24, 2.45) is 0 Å². The van der Waals surface area contributed by atoms with Crippen molar-refractivity contribution in [3.63, 3.8) is 0 Å². The van der Waals surface area contributed by atoms with Crippen molar-refractivity contribution in [1.82, 2.24) is 9.97 Å². The highest BCUT2D eigenvalue weighted by atomic mass is 16.5. The Balaban J connectivity index is 2.07. The van der Waals surface area contributed by atoms with Gasteiger partial charge in [0.15, 0.2) is 18.1 Å². The topological polar surface area (TPSA) is 122 Å². The Labute approximate surface area is 144 Å². The molecular formula is C17H17N5O3. The van der Waals surface area contributed by atoms with Crippen molar-refractivity contribution in [2.45, 2.75) is 13.3 Å². The van der Waals surface area contributed by atoms with Crippen LogP contribution in [0.25, 0.3) is 0 Å². The molecule has 0 aliphatic rings. The first-order valence-electron chi connectivity index (χ1n) is 7.50. The largest absolute Gasteiger partial charge is 0.451 e. The number of nitriles is 1. The summed E-state index contributed by atoms with van der Waals surface area (Å²) in [6.45, 7) is 1.63. The monoisotopic (exact) mass is 339 g/mol. The van der Waals surface area contributed by atoms with E-state index in [0.717, 1.165) is 5.56 Å². The van der Waals surface area contributed by atoms with Gasteiger partial charge < -0.3 is 15.4 Å². The molecule has 0 unspecified atom stereocenters. The highest BCUT2D eigenvalue weighted by Crippen LogP contribution is 2.16. The molecule has 1 aromatic carbocycles. The number of aryl methyl sites for hydroxylation is 1. The lowest BCUT2D eigenvalue weighted by molar-refractivity contribution is -0.121. The van der Waals surface area contributed by atoms with Crippen LogP contribution in [-0.4, -0.2) is 35.0 Å². The van der Waals surface area contributed by atoms with E-state index >= 15 is 0 Å². The summed E-state index contributed by atoms with van der Waals surface area (Å²) in [6.07, 6.45) is 2.81. The Hall–Kier alpha value is -3.47. The molecule has 128 valence electrons. The van der Waals surface area contributed by atoms with Crippen LogP contribution in [0.4, 0.5) is 11.5 Å². The summed E-state index contributed by atoms with van der Waals surface area (Å²) < 4.78 is 4.98. The number of carbonyl (C=O) groups excluding carboxylic acids is 2. The number of nitrogens with zero attached hydrogens (tertiary/aromatic N) is 4.